The van der Waals surface area contributed by atoms with Crippen molar-refractivity contribution in [1.82, 2.24) is 10.3 Å². The fourth-order valence-corrected chi connectivity index (χ4v) is 2.04. The van der Waals surface area contributed by atoms with Gasteiger partial charge in [-0.25, -0.2) is 0 Å². The van der Waals surface area contributed by atoms with Crippen LogP contribution in [0.4, 0.5) is 0 Å². The lowest BCUT2D eigenvalue weighted by Crippen LogP contribution is -2.39. The molecule has 0 spiro atoms. The van der Waals surface area contributed by atoms with Gasteiger partial charge in [0.2, 0.25) is 0 Å². The van der Waals surface area contributed by atoms with Crippen LogP contribution < -0.4 is 5.32 Å². The quantitative estimate of drug-likeness (QED) is 0.794. The summed E-state index contributed by atoms with van der Waals surface area (Å²) in [4.78, 5) is 15.1. The number of pyridine rings is 1. The van der Waals surface area contributed by atoms with E-state index in [1.165, 1.54) is 0 Å². The Labute approximate surface area is 115 Å². The number of hydrogen-bond donors (Lipinski definition) is 2. The molecule has 0 bridgehead atoms. The standard InChI is InChI=1S/C15H24N2O2/c1-14(2,9-13(18)19)10-16-11-15(3,4)12-7-5-6-8-17-12/h5-8,16H,9-11H2,1-4H3,(H,18,19). The van der Waals surface area contributed by atoms with E-state index >= 15 is 0 Å². The summed E-state index contributed by atoms with van der Waals surface area (Å²) in [6.45, 7) is 9.63. The molecule has 0 aliphatic heterocycles. The molecule has 1 rings (SSSR count). The van der Waals surface area contributed by atoms with E-state index in [0.717, 1.165) is 12.2 Å². The maximum absolute atomic E-state index is 10.8. The van der Waals surface area contributed by atoms with Gasteiger partial charge in [0, 0.05) is 30.4 Å². The van der Waals surface area contributed by atoms with E-state index in [4.69, 9.17) is 5.11 Å². The average Bonchev–Trinajstić information content (AvgIpc) is 2.27. The van der Waals surface area contributed by atoms with Crippen LogP contribution in [0, 0.1) is 5.41 Å². The zero-order valence-corrected chi connectivity index (χ0v) is 12.2. The SMILES string of the molecule is CC(C)(CNCC(C)(C)c1ccccn1)CC(=O)O. The lowest BCUT2D eigenvalue weighted by molar-refractivity contribution is -0.139. The topological polar surface area (TPSA) is 62.2 Å². The lowest BCUT2D eigenvalue weighted by Gasteiger charge is -2.28. The van der Waals surface area contributed by atoms with Gasteiger partial charge in [-0.3, -0.25) is 9.78 Å². The molecule has 0 atom stereocenters. The van der Waals surface area contributed by atoms with Crippen molar-refractivity contribution in [1.29, 1.82) is 0 Å². The predicted octanol–water partition coefficient (Wildman–Crippen LogP) is 2.45. The molecule has 0 fully saturated rings. The molecule has 0 saturated carbocycles. The van der Waals surface area contributed by atoms with E-state index in [-0.39, 0.29) is 17.3 Å². The van der Waals surface area contributed by atoms with Crippen LogP contribution in [0.5, 0.6) is 0 Å². The van der Waals surface area contributed by atoms with Gasteiger partial charge in [0.25, 0.3) is 0 Å². The molecular formula is C15H24N2O2. The van der Waals surface area contributed by atoms with E-state index in [9.17, 15) is 4.79 Å². The van der Waals surface area contributed by atoms with Crippen LogP contribution in [0.15, 0.2) is 24.4 Å². The molecule has 1 aromatic heterocycles. The van der Waals surface area contributed by atoms with Crippen LogP contribution >= 0.6 is 0 Å². The second-order valence-corrected chi connectivity index (χ2v) is 6.44. The van der Waals surface area contributed by atoms with Gasteiger partial charge in [-0.15, -0.1) is 0 Å². The predicted molar refractivity (Wildman–Crippen MR) is 76.2 cm³/mol. The van der Waals surface area contributed by atoms with Crippen molar-refractivity contribution in [2.45, 2.75) is 39.5 Å². The van der Waals surface area contributed by atoms with Crippen LogP contribution in [0.3, 0.4) is 0 Å². The normalized spacial score (nSPS) is 12.4. The average molecular weight is 264 g/mol. The van der Waals surface area contributed by atoms with Gasteiger partial charge < -0.3 is 10.4 Å². The smallest absolute Gasteiger partial charge is 0.303 e. The summed E-state index contributed by atoms with van der Waals surface area (Å²) in [6, 6.07) is 5.91. The Morgan fingerprint density at radius 3 is 2.47 bits per heavy atom. The lowest BCUT2D eigenvalue weighted by atomic mass is 9.86. The van der Waals surface area contributed by atoms with Crippen LogP contribution in [0.25, 0.3) is 0 Å². The summed E-state index contributed by atoms with van der Waals surface area (Å²) in [5.41, 5.74) is 0.727. The summed E-state index contributed by atoms with van der Waals surface area (Å²) >= 11 is 0. The molecule has 106 valence electrons. The van der Waals surface area contributed by atoms with Gasteiger partial charge in [0.15, 0.2) is 0 Å². The highest BCUT2D eigenvalue weighted by molar-refractivity contribution is 5.67. The minimum Gasteiger partial charge on any atom is -0.481 e. The highest BCUT2D eigenvalue weighted by atomic mass is 16.4. The third-order valence-electron chi connectivity index (χ3n) is 3.16. The number of nitrogens with one attached hydrogen (secondary N) is 1. The Balaban J connectivity index is 2.50. The van der Waals surface area contributed by atoms with Crippen molar-refractivity contribution in [2.75, 3.05) is 13.1 Å². The minimum atomic E-state index is -0.754. The molecule has 2 N–H and O–H groups in total. The number of carboxylic acids is 1. The molecule has 1 heterocycles. The monoisotopic (exact) mass is 264 g/mol. The highest BCUT2D eigenvalue weighted by Gasteiger charge is 2.25. The molecule has 4 nitrogen and oxygen atoms in total. The molecule has 4 heteroatoms. The molecule has 19 heavy (non-hydrogen) atoms. The third-order valence-corrected chi connectivity index (χ3v) is 3.16. The van der Waals surface area contributed by atoms with E-state index in [1.54, 1.807) is 6.20 Å². The first-order chi connectivity index (χ1) is 8.73. The zero-order chi connectivity index (χ0) is 14.5. The zero-order valence-electron chi connectivity index (χ0n) is 12.2. The molecule has 0 saturated heterocycles. The van der Waals surface area contributed by atoms with E-state index in [1.807, 2.05) is 32.0 Å². The Kier molecular flexibility index (Phi) is 5.06. The first-order valence-electron chi connectivity index (χ1n) is 6.57. The summed E-state index contributed by atoms with van der Waals surface area (Å²) in [7, 11) is 0. The number of nitrogens with zero attached hydrogens (tertiary/aromatic N) is 1. The van der Waals surface area contributed by atoms with Crippen molar-refractivity contribution in [3.8, 4) is 0 Å². The van der Waals surface area contributed by atoms with Gasteiger partial charge in [0.1, 0.15) is 0 Å². The molecule has 0 unspecified atom stereocenters. The fraction of sp³-hybridized carbons (Fsp3) is 0.600. The Bertz CT molecular complexity index is 413. The Morgan fingerprint density at radius 2 is 1.95 bits per heavy atom. The number of aliphatic carboxylic acids is 1. The summed E-state index contributed by atoms with van der Waals surface area (Å²) in [6.07, 6.45) is 1.97. The maximum atomic E-state index is 10.8. The molecule has 0 amide bonds. The van der Waals surface area contributed by atoms with Crippen LogP contribution in [-0.4, -0.2) is 29.1 Å². The molecule has 0 radical (unpaired) electrons. The summed E-state index contributed by atoms with van der Waals surface area (Å²) in [5.74, 6) is -0.754. The van der Waals surface area contributed by atoms with Crippen LogP contribution in [-0.2, 0) is 10.2 Å². The van der Waals surface area contributed by atoms with Crippen LogP contribution in [0.1, 0.15) is 39.8 Å². The number of aromatic nitrogens is 1. The molecule has 1 aromatic rings. The number of carbonyl (C=O) groups is 1. The molecular weight excluding hydrogens is 240 g/mol. The number of hydrogen-bond acceptors (Lipinski definition) is 3. The highest BCUT2D eigenvalue weighted by Crippen LogP contribution is 2.22. The molecule has 0 aromatic carbocycles. The third kappa shape index (κ3) is 5.39. The number of rotatable bonds is 7. The van der Waals surface area contributed by atoms with Gasteiger partial charge in [0.05, 0.1) is 6.42 Å². The molecule has 0 aliphatic carbocycles. The van der Waals surface area contributed by atoms with Crippen LogP contribution in [0.2, 0.25) is 0 Å². The molecule has 0 aliphatic rings. The summed E-state index contributed by atoms with van der Waals surface area (Å²) in [5, 5.41) is 12.2. The van der Waals surface area contributed by atoms with E-state index in [2.05, 4.69) is 24.1 Å². The second kappa shape index (κ2) is 6.15. The van der Waals surface area contributed by atoms with E-state index in [0.29, 0.717) is 6.54 Å². The van der Waals surface area contributed by atoms with Crippen molar-refractivity contribution in [3.05, 3.63) is 30.1 Å². The van der Waals surface area contributed by atoms with Gasteiger partial charge >= 0.3 is 5.97 Å². The van der Waals surface area contributed by atoms with Crippen molar-refractivity contribution >= 4 is 5.97 Å². The van der Waals surface area contributed by atoms with Gasteiger partial charge in [-0.1, -0.05) is 33.8 Å². The number of carboxylic acid groups (broad SMARTS) is 1. The van der Waals surface area contributed by atoms with E-state index < -0.39 is 5.97 Å². The Morgan fingerprint density at radius 1 is 1.26 bits per heavy atom. The first kappa shape index (κ1) is 15.6. The van der Waals surface area contributed by atoms with Crippen molar-refractivity contribution < 1.29 is 9.90 Å². The Hall–Kier alpha value is -1.42. The van der Waals surface area contributed by atoms with Crippen molar-refractivity contribution in [2.24, 2.45) is 5.41 Å². The van der Waals surface area contributed by atoms with Crippen molar-refractivity contribution in [3.63, 3.8) is 0 Å². The maximum Gasteiger partial charge on any atom is 0.303 e. The second-order valence-electron chi connectivity index (χ2n) is 6.44. The minimum absolute atomic E-state index is 0.0689. The summed E-state index contributed by atoms with van der Waals surface area (Å²) < 4.78 is 0. The fourth-order valence-electron chi connectivity index (χ4n) is 2.04. The first-order valence-corrected chi connectivity index (χ1v) is 6.57. The van der Waals surface area contributed by atoms with Gasteiger partial charge in [-0.05, 0) is 17.5 Å². The van der Waals surface area contributed by atoms with Gasteiger partial charge in [-0.2, -0.15) is 0 Å². The largest absolute Gasteiger partial charge is 0.481 e.